The number of amides is 1. The lowest BCUT2D eigenvalue weighted by atomic mass is 10.2. The zero-order chi connectivity index (χ0) is 17.2. The first kappa shape index (κ1) is 16.7. The molecule has 0 unspecified atom stereocenters. The first-order valence-corrected chi connectivity index (χ1v) is 8.98. The Balaban J connectivity index is 1.27. The average molecular weight is 351 g/mol. The van der Waals surface area contributed by atoms with E-state index < -0.39 is 0 Å². The van der Waals surface area contributed by atoms with Crippen molar-refractivity contribution in [3.63, 3.8) is 0 Å². The number of nitrogens with zero attached hydrogens (tertiary/aromatic N) is 5. The highest BCUT2D eigenvalue weighted by molar-refractivity contribution is 5.71. The molecule has 4 heterocycles. The van der Waals surface area contributed by atoms with Crippen LogP contribution >= 0.6 is 0 Å². The quantitative estimate of drug-likeness (QED) is 0.714. The van der Waals surface area contributed by atoms with Crippen LogP contribution in [0.3, 0.4) is 0 Å². The summed E-state index contributed by atoms with van der Waals surface area (Å²) in [4.78, 5) is 22.9. The Labute approximate surface area is 146 Å². The molecular formula is C16H25N5O4. The molecule has 0 radical (unpaired) electrons. The maximum absolute atomic E-state index is 12.2. The number of likely N-dealkylation sites (tertiary alicyclic amines) is 1. The van der Waals surface area contributed by atoms with Crippen molar-refractivity contribution in [2.45, 2.75) is 32.0 Å². The predicted octanol–water partition coefficient (Wildman–Crippen LogP) is 0.105. The van der Waals surface area contributed by atoms with Gasteiger partial charge in [-0.25, -0.2) is 4.79 Å². The number of carbonyl (C=O) groups excluding carboxylic acids is 1. The molecule has 0 aliphatic carbocycles. The molecule has 3 aliphatic rings. The molecule has 3 saturated heterocycles. The summed E-state index contributed by atoms with van der Waals surface area (Å²) >= 11 is 0. The second-order valence-electron chi connectivity index (χ2n) is 6.91. The maximum atomic E-state index is 12.2. The van der Waals surface area contributed by atoms with Crippen molar-refractivity contribution in [2.24, 2.45) is 0 Å². The van der Waals surface area contributed by atoms with E-state index in [0.717, 1.165) is 58.9 Å². The van der Waals surface area contributed by atoms with Gasteiger partial charge in [0, 0.05) is 46.2 Å². The van der Waals surface area contributed by atoms with Gasteiger partial charge in [0.05, 0.1) is 25.8 Å². The molecule has 0 spiro atoms. The second kappa shape index (κ2) is 7.27. The lowest BCUT2D eigenvalue weighted by Gasteiger charge is -2.28. The lowest BCUT2D eigenvalue weighted by molar-refractivity contribution is 0.0362. The van der Waals surface area contributed by atoms with E-state index >= 15 is 0 Å². The van der Waals surface area contributed by atoms with Gasteiger partial charge in [-0.15, -0.1) is 0 Å². The van der Waals surface area contributed by atoms with Gasteiger partial charge in [-0.05, 0) is 6.42 Å². The summed E-state index contributed by atoms with van der Waals surface area (Å²) in [7, 11) is 0. The minimum Gasteiger partial charge on any atom is -0.442 e. The summed E-state index contributed by atoms with van der Waals surface area (Å²) in [6, 6.07) is 0.130. The zero-order valence-electron chi connectivity index (χ0n) is 14.6. The summed E-state index contributed by atoms with van der Waals surface area (Å²) in [6.45, 7) is 9.25. The third kappa shape index (κ3) is 3.78. The van der Waals surface area contributed by atoms with Crippen LogP contribution in [0.25, 0.3) is 0 Å². The molecule has 138 valence electrons. The first-order valence-electron chi connectivity index (χ1n) is 8.98. The largest absolute Gasteiger partial charge is 0.442 e. The fraction of sp³-hybridized carbons (Fsp3) is 0.812. The van der Waals surface area contributed by atoms with E-state index in [2.05, 4.69) is 19.9 Å². The molecular weight excluding hydrogens is 326 g/mol. The van der Waals surface area contributed by atoms with Gasteiger partial charge in [0.2, 0.25) is 5.89 Å². The fourth-order valence-electron chi connectivity index (χ4n) is 3.86. The third-order valence-corrected chi connectivity index (χ3v) is 5.11. The van der Waals surface area contributed by atoms with Gasteiger partial charge in [0.25, 0.3) is 0 Å². The summed E-state index contributed by atoms with van der Waals surface area (Å²) in [5.74, 6) is 1.26. The van der Waals surface area contributed by atoms with Crippen molar-refractivity contribution in [3.8, 4) is 0 Å². The molecule has 25 heavy (non-hydrogen) atoms. The topological polar surface area (TPSA) is 84.2 Å². The number of morpholine rings is 1. The van der Waals surface area contributed by atoms with E-state index in [4.69, 9.17) is 14.0 Å². The van der Waals surface area contributed by atoms with Crippen LogP contribution in [0.5, 0.6) is 0 Å². The van der Waals surface area contributed by atoms with Crippen molar-refractivity contribution in [1.29, 1.82) is 0 Å². The van der Waals surface area contributed by atoms with Crippen molar-refractivity contribution in [2.75, 3.05) is 52.5 Å². The van der Waals surface area contributed by atoms with Crippen LogP contribution in [0.2, 0.25) is 0 Å². The number of fused-ring (bicyclic) bond motifs is 1. The number of rotatable bonds is 6. The molecule has 1 aromatic rings. The minimum absolute atomic E-state index is 0.0520. The molecule has 9 nitrogen and oxygen atoms in total. The number of aryl methyl sites for hydroxylation is 1. The van der Waals surface area contributed by atoms with Crippen LogP contribution in [0.4, 0.5) is 4.79 Å². The Kier molecular flexibility index (Phi) is 4.87. The summed E-state index contributed by atoms with van der Waals surface area (Å²) in [6.07, 6.45) is 0.735. The Morgan fingerprint density at radius 2 is 2.00 bits per heavy atom. The zero-order valence-corrected chi connectivity index (χ0v) is 14.6. The van der Waals surface area contributed by atoms with Gasteiger partial charge in [-0.2, -0.15) is 4.98 Å². The Morgan fingerprint density at radius 3 is 2.76 bits per heavy atom. The summed E-state index contributed by atoms with van der Waals surface area (Å²) in [5.41, 5.74) is 0. The number of aromatic nitrogens is 2. The van der Waals surface area contributed by atoms with Gasteiger partial charge in [0.1, 0.15) is 6.10 Å². The lowest BCUT2D eigenvalue weighted by Crippen LogP contribution is -2.41. The molecule has 1 amide bonds. The monoisotopic (exact) mass is 351 g/mol. The molecule has 3 aliphatic heterocycles. The normalized spacial score (nSPS) is 27.7. The summed E-state index contributed by atoms with van der Waals surface area (Å²) in [5, 5.41) is 3.94. The van der Waals surface area contributed by atoms with Gasteiger partial charge >= 0.3 is 6.09 Å². The van der Waals surface area contributed by atoms with Gasteiger partial charge < -0.3 is 18.9 Å². The maximum Gasteiger partial charge on any atom is 0.410 e. The van der Waals surface area contributed by atoms with E-state index in [9.17, 15) is 4.79 Å². The van der Waals surface area contributed by atoms with E-state index in [1.165, 1.54) is 0 Å². The number of carbonyl (C=O) groups is 1. The third-order valence-electron chi connectivity index (χ3n) is 5.11. The molecule has 4 rings (SSSR count). The minimum atomic E-state index is -0.174. The van der Waals surface area contributed by atoms with Crippen LogP contribution in [-0.2, 0) is 16.0 Å². The molecule has 1 aromatic heterocycles. The Morgan fingerprint density at radius 1 is 1.16 bits per heavy atom. The number of hydrogen-bond acceptors (Lipinski definition) is 8. The van der Waals surface area contributed by atoms with E-state index in [1.54, 1.807) is 6.92 Å². The molecule has 0 bridgehead atoms. The van der Waals surface area contributed by atoms with Crippen molar-refractivity contribution >= 4 is 6.09 Å². The van der Waals surface area contributed by atoms with Crippen LogP contribution in [0.1, 0.15) is 18.1 Å². The van der Waals surface area contributed by atoms with Gasteiger partial charge in [0.15, 0.2) is 5.82 Å². The Bertz CT molecular complexity index is 603. The number of ether oxygens (including phenoxy) is 2. The Hall–Kier alpha value is -1.71. The van der Waals surface area contributed by atoms with Gasteiger partial charge in [-0.1, -0.05) is 5.16 Å². The van der Waals surface area contributed by atoms with E-state index in [-0.39, 0.29) is 18.2 Å². The van der Waals surface area contributed by atoms with E-state index in [0.29, 0.717) is 18.3 Å². The van der Waals surface area contributed by atoms with Crippen LogP contribution < -0.4 is 0 Å². The van der Waals surface area contributed by atoms with Crippen molar-refractivity contribution < 1.29 is 18.8 Å². The molecule has 0 saturated carbocycles. The van der Waals surface area contributed by atoms with Crippen LogP contribution in [-0.4, -0.2) is 95.6 Å². The smallest absolute Gasteiger partial charge is 0.410 e. The highest BCUT2D eigenvalue weighted by Gasteiger charge is 2.47. The van der Waals surface area contributed by atoms with Crippen molar-refractivity contribution in [1.82, 2.24) is 24.8 Å². The van der Waals surface area contributed by atoms with Crippen molar-refractivity contribution in [3.05, 3.63) is 11.7 Å². The molecule has 3 fully saturated rings. The first-order chi connectivity index (χ1) is 12.2. The fourth-order valence-corrected chi connectivity index (χ4v) is 3.86. The van der Waals surface area contributed by atoms with E-state index in [1.807, 2.05) is 4.90 Å². The number of hydrogen-bond donors (Lipinski definition) is 0. The SMILES string of the molecule is Cc1nc(CN2C[C@H]3OC(=O)N(CCCN4CCOCC4)[C@H]3C2)no1. The highest BCUT2D eigenvalue weighted by Crippen LogP contribution is 2.27. The molecule has 2 atom stereocenters. The molecule has 0 aromatic carbocycles. The average Bonchev–Trinajstić information content (AvgIpc) is 3.25. The van der Waals surface area contributed by atoms with Crippen LogP contribution in [0.15, 0.2) is 4.52 Å². The molecule has 0 N–H and O–H groups in total. The summed E-state index contributed by atoms with van der Waals surface area (Å²) < 4.78 is 15.9. The van der Waals surface area contributed by atoms with Crippen LogP contribution in [0, 0.1) is 6.92 Å². The highest BCUT2D eigenvalue weighted by atomic mass is 16.6. The molecule has 9 heteroatoms. The second-order valence-corrected chi connectivity index (χ2v) is 6.91. The predicted molar refractivity (Wildman–Crippen MR) is 87.0 cm³/mol. The standard InChI is InChI=1S/C16H25N5O4/c1-12-17-15(18-25-12)11-20-9-13-14(10-20)24-16(22)21(13)4-2-3-19-5-7-23-8-6-19/h13-14H,2-11H2,1H3/t13-,14+/m0/s1. The van der Waals surface area contributed by atoms with Gasteiger partial charge in [-0.3, -0.25) is 9.80 Å².